The van der Waals surface area contributed by atoms with Crippen LogP contribution in [0.5, 0.6) is 0 Å². The number of rotatable bonds is 6. The summed E-state index contributed by atoms with van der Waals surface area (Å²) >= 11 is 0. The van der Waals surface area contributed by atoms with E-state index < -0.39 is 0 Å². The Bertz CT molecular complexity index is 680. The quantitative estimate of drug-likeness (QED) is 0.837. The zero-order valence-corrected chi connectivity index (χ0v) is 15.5. The van der Waals surface area contributed by atoms with Crippen molar-refractivity contribution in [3.8, 4) is 11.3 Å². The second-order valence-electron chi connectivity index (χ2n) is 7.71. The molecule has 2 N–H and O–H groups in total. The molecule has 4 rings (SSSR count). The Kier molecular flexibility index (Phi) is 5.68. The van der Waals surface area contributed by atoms with Crippen LogP contribution in [0, 0.1) is 0 Å². The highest BCUT2D eigenvalue weighted by Gasteiger charge is 2.33. The van der Waals surface area contributed by atoms with E-state index in [9.17, 15) is 5.11 Å². The molecule has 0 amide bonds. The molecule has 5 heteroatoms. The summed E-state index contributed by atoms with van der Waals surface area (Å²) in [5, 5.41) is 17.0. The van der Waals surface area contributed by atoms with Crippen molar-refractivity contribution in [3.63, 3.8) is 0 Å². The van der Waals surface area contributed by atoms with Gasteiger partial charge in [0, 0.05) is 50.4 Å². The number of H-pyrrole nitrogens is 1. The number of aromatic nitrogens is 2. The lowest BCUT2D eigenvalue weighted by Gasteiger charge is -2.44. The number of benzene rings is 1. The fraction of sp³-hybridized carbons (Fsp3) is 0.571. The second-order valence-corrected chi connectivity index (χ2v) is 7.71. The molecular formula is C21H30N4O. The van der Waals surface area contributed by atoms with E-state index in [1.165, 1.54) is 36.8 Å². The molecule has 0 bridgehead atoms. The largest absolute Gasteiger partial charge is 0.396 e. The highest BCUT2D eigenvalue weighted by Crippen LogP contribution is 2.29. The number of aliphatic hydroxyl groups is 1. The summed E-state index contributed by atoms with van der Waals surface area (Å²) in [6.45, 7) is 4.45. The summed E-state index contributed by atoms with van der Waals surface area (Å²) < 4.78 is 0. The van der Waals surface area contributed by atoms with Crippen LogP contribution in [0.1, 0.15) is 37.7 Å². The third-order valence-corrected chi connectivity index (χ3v) is 6.04. The molecule has 26 heavy (non-hydrogen) atoms. The van der Waals surface area contributed by atoms with E-state index in [-0.39, 0.29) is 6.61 Å². The number of hydrogen-bond acceptors (Lipinski definition) is 4. The van der Waals surface area contributed by atoms with Gasteiger partial charge in [0.25, 0.3) is 0 Å². The van der Waals surface area contributed by atoms with Gasteiger partial charge in [0.05, 0.1) is 11.9 Å². The fourth-order valence-corrected chi connectivity index (χ4v) is 4.73. The van der Waals surface area contributed by atoms with Crippen molar-refractivity contribution in [1.29, 1.82) is 0 Å². The first-order chi connectivity index (χ1) is 12.8. The number of aromatic amines is 1. The van der Waals surface area contributed by atoms with Gasteiger partial charge in [-0.25, -0.2) is 0 Å². The Morgan fingerprint density at radius 3 is 2.69 bits per heavy atom. The molecule has 2 heterocycles. The first-order valence-electron chi connectivity index (χ1n) is 10.0. The van der Waals surface area contributed by atoms with Gasteiger partial charge in [-0.05, 0) is 24.8 Å². The van der Waals surface area contributed by atoms with Gasteiger partial charge in [0.15, 0.2) is 0 Å². The van der Waals surface area contributed by atoms with Crippen LogP contribution in [0.2, 0.25) is 0 Å². The Hall–Kier alpha value is -1.69. The maximum atomic E-state index is 9.55. The third kappa shape index (κ3) is 3.85. The van der Waals surface area contributed by atoms with E-state index in [0.29, 0.717) is 6.04 Å². The van der Waals surface area contributed by atoms with E-state index in [0.717, 1.165) is 44.3 Å². The van der Waals surface area contributed by atoms with Crippen LogP contribution in [0.4, 0.5) is 0 Å². The summed E-state index contributed by atoms with van der Waals surface area (Å²) in [6.07, 6.45) is 8.25. The molecule has 140 valence electrons. The van der Waals surface area contributed by atoms with Crippen molar-refractivity contribution in [2.24, 2.45) is 0 Å². The molecule has 2 aliphatic rings. The molecule has 1 aromatic heterocycles. The van der Waals surface area contributed by atoms with Crippen molar-refractivity contribution < 1.29 is 5.11 Å². The van der Waals surface area contributed by atoms with Crippen molar-refractivity contribution in [2.45, 2.75) is 50.7 Å². The Morgan fingerprint density at radius 2 is 1.92 bits per heavy atom. The van der Waals surface area contributed by atoms with Gasteiger partial charge in [-0.2, -0.15) is 5.10 Å². The lowest BCUT2D eigenvalue weighted by molar-refractivity contribution is 0.0268. The topological polar surface area (TPSA) is 55.4 Å². The first-order valence-corrected chi connectivity index (χ1v) is 10.0. The van der Waals surface area contributed by atoms with Gasteiger partial charge in [0.1, 0.15) is 0 Å². The van der Waals surface area contributed by atoms with Crippen LogP contribution < -0.4 is 0 Å². The number of nitrogens with one attached hydrogen (secondary N) is 1. The zero-order valence-electron chi connectivity index (χ0n) is 15.5. The number of piperazine rings is 1. The Balaban J connectivity index is 1.44. The van der Waals surface area contributed by atoms with E-state index in [4.69, 9.17) is 0 Å². The lowest BCUT2D eigenvalue weighted by Crippen LogP contribution is -2.56. The molecule has 1 aliphatic heterocycles. The Morgan fingerprint density at radius 1 is 1.12 bits per heavy atom. The number of aliphatic hydroxyl groups excluding tert-OH is 1. The van der Waals surface area contributed by atoms with Crippen LogP contribution in [-0.4, -0.2) is 63.4 Å². The molecule has 0 radical (unpaired) electrons. The third-order valence-electron chi connectivity index (χ3n) is 6.04. The van der Waals surface area contributed by atoms with Crippen LogP contribution in [0.25, 0.3) is 11.3 Å². The van der Waals surface area contributed by atoms with E-state index in [1.54, 1.807) is 0 Å². The summed E-state index contributed by atoms with van der Waals surface area (Å²) in [5.74, 6) is 0. The second kappa shape index (κ2) is 8.33. The first kappa shape index (κ1) is 17.7. The van der Waals surface area contributed by atoms with E-state index in [1.807, 2.05) is 12.3 Å². The predicted octanol–water partition coefficient (Wildman–Crippen LogP) is 2.89. The lowest BCUT2D eigenvalue weighted by atomic mass is 10.0. The molecule has 1 unspecified atom stereocenters. The minimum atomic E-state index is 0.280. The standard InChI is InChI=1S/C21H30N4O/c26-13-10-20-16-24(11-12-25(20)19-8-4-5-9-19)15-18-14-22-23-21(18)17-6-2-1-3-7-17/h1-3,6-7,14,19-20,26H,4-5,8-13,15-16H2,(H,22,23). The van der Waals surface area contributed by atoms with Gasteiger partial charge >= 0.3 is 0 Å². The highest BCUT2D eigenvalue weighted by atomic mass is 16.3. The molecule has 5 nitrogen and oxygen atoms in total. The van der Waals surface area contributed by atoms with Gasteiger partial charge < -0.3 is 5.11 Å². The average molecular weight is 354 g/mol. The Labute approximate surface area is 156 Å². The molecule has 2 aromatic rings. The molecular weight excluding hydrogens is 324 g/mol. The van der Waals surface area contributed by atoms with Crippen LogP contribution in [0.3, 0.4) is 0 Å². The van der Waals surface area contributed by atoms with Gasteiger partial charge in [-0.3, -0.25) is 14.9 Å². The van der Waals surface area contributed by atoms with E-state index in [2.05, 4.69) is 44.3 Å². The molecule has 0 spiro atoms. The average Bonchev–Trinajstić information content (AvgIpc) is 3.35. The molecule has 1 atom stereocenters. The van der Waals surface area contributed by atoms with Crippen LogP contribution in [-0.2, 0) is 6.54 Å². The van der Waals surface area contributed by atoms with Crippen molar-refractivity contribution >= 4 is 0 Å². The maximum Gasteiger partial charge on any atom is 0.0695 e. The van der Waals surface area contributed by atoms with Crippen molar-refractivity contribution in [3.05, 3.63) is 42.1 Å². The van der Waals surface area contributed by atoms with Crippen LogP contribution >= 0.6 is 0 Å². The highest BCUT2D eigenvalue weighted by molar-refractivity contribution is 5.62. The molecule has 1 saturated heterocycles. The summed E-state index contributed by atoms with van der Waals surface area (Å²) in [5.41, 5.74) is 3.58. The number of hydrogen-bond donors (Lipinski definition) is 2. The van der Waals surface area contributed by atoms with Gasteiger partial charge in [-0.15, -0.1) is 0 Å². The van der Waals surface area contributed by atoms with E-state index >= 15 is 0 Å². The normalized spacial score (nSPS) is 22.9. The monoisotopic (exact) mass is 354 g/mol. The predicted molar refractivity (Wildman–Crippen MR) is 104 cm³/mol. The number of nitrogens with zero attached hydrogens (tertiary/aromatic N) is 3. The van der Waals surface area contributed by atoms with Crippen molar-refractivity contribution in [2.75, 3.05) is 26.2 Å². The maximum absolute atomic E-state index is 9.55. The van der Waals surface area contributed by atoms with Crippen LogP contribution in [0.15, 0.2) is 36.5 Å². The minimum absolute atomic E-state index is 0.280. The molecule has 2 fully saturated rings. The fourth-order valence-electron chi connectivity index (χ4n) is 4.73. The smallest absolute Gasteiger partial charge is 0.0695 e. The van der Waals surface area contributed by atoms with Gasteiger partial charge in [-0.1, -0.05) is 43.2 Å². The summed E-state index contributed by atoms with van der Waals surface area (Å²) in [4.78, 5) is 5.22. The SMILES string of the molecule is OCCC1CN(Cc2cn[nH]c2-c2ccccc2)CCN1C1CCCC1. The van der Waals surface area contributed by atoms with Crippen molar-refractivity contribution in [1.82, 2.24) is 20.0 Å². The summed E-state index contributed by atoms with van der Waals surface area (Å²) in [6, 6.07) is 11.6. The zero-order chi connectivity index (χ0) is 17.8. The molecule has 1 aliphatic carbocycles. The minimum Gasteiger partial charge on any atom is -0.396 e. The summed E-state index contributed by atoms with van der Waals surface area (Å²) in [7, 11) is 0. The molecule has 1 aromatic carbocycles. The van der Waals surface area contributed by atoms with Gasteiger partial charge in [0.2, 0.25) is 0 Å². The molecule has 1 saturated carbocycles.